The molecule has 0 aliphatic carbocycles. The van der Waals surface area contributed by atoms with Crippen LogP contribution in [-0.4, -0.2) is 32.7 Å². The second-order valence-electron chi connectivity index (χ2n) is 5.19. The fraction of sp³-hybridized carbons (Fsp3) is 0.500. The van der Waals surface area contributed by atoms with Crippen LogP contribution in [0.5, 0.6) is 0 Å². The van der Waals surface area contributed by atoms with Crippen LogP contribution in [0.15, 0.2) is 18.2 Å². The van der Waals surface area contributed by atoms with Crippen LogP contribution in [0.4, 0.5) is 5.69 Å². The molecule has 1 N–H and O–H groups in total. The van der Waals surface area contributed by atoms with Crippen molar-refractivity contribution in [2.45, 2.75) is 33.2 Å². The number of anilines is 1. The Hall–Kier alpha value is -1.56. The Morgan fingerprint density at radius 1 is 1.40 bits per heavy atom. The summed E-state index contributed by atoms with van der Waals surface area (Å²) < 4.78 is 25.4. The van der Waals surface area contributed by atoms with Crippen molar-refractivity contribution >= 4 is 21.6 Å². The summed E-state index contributed by atoms with van der Waals surface area (Å²) >= 11 is 0. The van der Waals surface area contributed by atoms with Crippen molar-refractivity contribution in [1.29, 1.82) is 0 Å². The third-order valence-corrected chi connectivity index (χ3v) is 5.10. The molecular formula is C14H20N2O3S. The second kappa shape index (κ2) is 5.44. The fourth-order valence-corrected chi connectivity index (χ4v) is 3.46. The normalized spacial score (nSPS) is 14.5. The summed E-state index contributed by atoms with van der Waals surface area (Å²) in [5.41, 5.74) is 2.19. The van der Waals surface area contributed by atoms with E-state index in [-0.39, 0.29) is 17.7 Å². The minimum atomic E-state index is -3.23. The standard InChI is InChI=1S/C14H20N2O3S/c1-4-20(18,19)16-8-7-11-9-12(5-6-13(11)16)14(17)15-10(2)3/h5-6,9-10H,4,7-8H2,1-3H3,(H,15,17). The predicted octanol–water partition coefficient (Wildman–Crippen LogP) is 1.54. The summed E-state index contributed by atoms with van der Waals surface area (Å²) in [4.78, 5) is 11.9. The van der Waals surface area contributed by atoms with Crippen LogP contribution in [0, 0.1) is 0 Å². The zero-order valence-corrected chi connectivity index (χ0v) is 12.8. The minimum absolute atomic E-state index is 0.0766. The first-order chi connectivity index (χ1) is 9.35. The SMILES string of the molecule is CCS(=O)(=O)N1CCc2cc(C(=O)NC(C)C)ccc21. The van der Waals surface area contributed by atoms with Crippen LogP contribution in [0.2, 0.25) is 0 Å². The van der Waals surface area contributed by atoms with Crippen molar-refractivity contribution < 1.29 is 13.2 Å². The van der Waals surface area contributed by atoms with E-state index < -0.39 is 10.0 Å². The summed E-state index contributed by atoms with van der Waals surface area (Å²) in [6.45, 7) is 5.90. The number of hydrogen-bond acceptors (Lipinski definition) is 3. The van der Waals surface area contributed by atoms with Crippen molar-refractivity contribution in [3.8, 4) is 0 Å². The van der Waals surface area contributed by atoms with Gasteiger partial charge in [-0.3, -0.25) is 9.10 Å². The molecule has 2 rings (SSSR count). The maximum absolute atomic E-state index is 12.0. The lowest BCUT2D eigenvalue weighted by atomic mass is 10.1. The Morgan fingerprint density at radius 3 is 2.70 bits per heavy atom. The van der Waals surface area contributed by atoms with Gasteiger partial charge in [0.15, 0.2) is 0 Å². The Balaban J connectivity index is 2.30. The van der Waals surface area contributed by atoms with Gasteiger partial charge in [0, 0.05) is 18.2 Å². The Labute approximate surface area is 120 Å². The lowest BCUT2D eigenvalue weighted by Gasteiger charge is -2.18. The van der Waals surface area contributed by atoms with Crippen molar-refractivity contribution in [3.63, 3.8) is 0 Å². The summed E-state index contributed by atoms with van der Waals surface area (Å²) in [7, 11) is -3.23. The molecule has 0 saturated carbocycles. The quantitative estimate of drug-likeness (QED) is 0.916. The van der Waals surface area contributed by atoms with E-state index in [1.54, 1.807) is 25.1 Å². The molecule has 20 heavy (non-hydrogen) atoms. The molecule has 1 aliphatic rings. The molecule has 0 atom stereocenters. The molecule has 0 aromatic heterocycles. The smallest absolute Gasteiger partial charge is 0.251 e. The van der Waals surface area contributed by atoms with Crippen LogP contribution in [-0.2, 0) is 16.4 Å². The molecule has 1 heterocycles. The molecule has 0 saturated heterocycles. The molecule has 0 radical (unpaired) electrons. The monoisotopic (exact) mass is 296 g/mol. The van der Waals surface area contributed by atoms with Crippen LogP contribution in [0.3, 0.4) is 0 Å². The number of sulfonamides is 1. The highest BCUT2D eigenvalue weighted by Crippen LogP contribution is 2.31. The van der Waals surface area contributed by atoms with Crippen molar-refractivity contribution in [3.05, 3.63) is 29.3 Å². The molecule has 0 fully saturated rings. The highest BCUT2D eigenvalue weighted by Gasteiger charge is 2.28. The van der Waals surface area contributed by atoms with Crippen LogP contribution < -0.4 is 9.62 Å². The van der Waals surface area contributed by atoms with Gasteiger partial charge in [0.1, 0.15) is 0 Å². The van der Waals surface area contributed by atoms with Crippen LogP contribution in [0.1, 0.15) is 36.7 Å². The number of benzene rings is 1. The largest absolute Gasteiger partial charge is 0.350 e. The Kier molecular flexibility index (Phi) is 4.04. The topological polar surface area (TPSA) is 66.5 Å². The first-order valence-electron chi connectivity index (χ1n) is 6.79. The van der Waals surface area contributed by atoms with Gasteiger partial charge < -0.3 is 5.32 Å². The molecule has 0 bridgehead atoms. The number of amides is 1. The number of nitrogens with one attached hydrogen (secondary N) is 1. The van der Waals surface area contributed by atoms with Gasteiger partial charge in [0.2, 0.25) is 10.0 Å². The molecule has 0 spiro atoms. The van der Waals surface area contributed by atoms with Crippen molar-refractivity contribution in [2.75, 3.05) is 16.6 Å². The highest BCUT2D eigenvalue weighted by molar-refractivity contribution is 7.92. The molecule has 6 heteroatoms. The Morgan fingerprint density at radius 2 is 2.10 bits per heavy atom. The van der Waals surface area contributed by atoms with E-state index in [0.717, 1.165) is 5.56 Å². The van der Waals surface area contributed by atoms with E-state index in [9.17, 15) is 13.2 Å². The number of hydrogen-bond donors (Lipinski definition) is 1. The summed E-state index contributed by atoms with van der Waals surface area (Å²) in [5, 5.41) is 2.83. The van der Waals surface area contributed by atoms with E-state index in [0.29, 0.717) is 24.2 Å². The lowest BCUT2D eigenvalue weighted by molar-refractivity contribution is 0.0943. The average molecular weight is 296 g/mol. The van der Waals surface area contributed by atoms with Crippen LogP contribution >= 0.6 is 0 Å². The Bertz CT molecular complexity index is 623. The van der Waals surface area contributed by atoms with Gasteiger partial charge in [-0.1, -0.05) is 0 Å². The van der Waals surface area contributed by atoms with Gasteiger partial charge in [-0.05, 0) is 51.0 Å². The highest BCUT2D eigenvalue weighted by atomic mass is 32.2. The third-order valence-electron chi connectivity index (χ3n) is 3.31. The predicted molar refractivity (Wildman–Crippen MR) is 79.6 cm³/mol. The van der Waals surface area contributed by atoms with Gasteiger partial charge in [0.05, 0.1) is 11.4 Å². The first-order valence-corrected chi connectivity index (χ1v) is 8.40. The molecule has 5 nitrogen and oxygen atoms in total. The van der Waals surface area contributed by atoms with Gasteiger partial charge in [-0.25, -0.2) is 8.42 Å². The van der Waals surface area contributed by atoms with Gasteiger partial charge in [-0.15, -0.1) is 0 Å². The summed E-state index contributed by atoms with van der Waals surface area (Å²) in [5.74, 6) is -0.0400. The van der Waals surface area contributed by atoms with Crippen LogP contribution in [0.25, 0.3) is 0 Å². The zero-order chi connectivity index (χ0) is 14.9. The van der Waals surface area contributed by atoms with Crippen molar-refractivity contribution in [2.24, 2.45) is 0 Å². The maximum atomic E-state index is 12.0. The zero-order valence-electron chi connectivity index (χ0n) is 12.0. The number of carbonyl (C=O) groups excluding carboxylic acids is 1. The molecule has 1 aliphatic heterocycles. The number of fused-ring (bicyclic) bond motifs is 1. The molecule has 1 aromatic carbocycles. The number of rotatable bonds is 4. The van der Waals surface area contributed by atoms with Crippen molar-refractivity contribution in [1.82, 2.24) is 5.32 Å². The van der Waals surface area contributed by atoms with E-state index in [2.05, 4.69) is 5.32 Å². The summed E-state index contributed by atoms with van der Waals surface area (Å²) in [6, 6.07) is 5.27. The van der Waals surface area contributed by atoms with Gasteiger partial charge >= 0.3 is 0 Å². The lowest BCUT2D eigenvalue weighted by Crippen LogP contribution is -2.31. The molecule has 0 unspecified atom stereocenters. The third kappa shape index (κ3) is 2.80. The molecular weight excluding hydrogens is 276 g/mol. The van der Waals surface area contributed by atoms with E-state index in [1.165, 1.54) is 4.31 Å². The first kappa shape index (κ1) is 14.8. The van der Waals surface area contributed by atoms with E-state index in [1.807, 2.05) is 13.8 Å². The van der Waals surface area contributed by atoms with E-state index in [4.69, 9.17) is 0 Å². The maximum Gasteiger partial charge on any atom is 0.251 e. The van der Waals surface area contributed by atoms with E-state index >= 15 is 0 Å². The molecule has 110 valence electrons. The number of nitrogens with zero attached hydrogens (tertiary/aromatic N) is 1. The van der Waals surface area contributed by atoms with Gasteiger partial charge in [0.25, 0.3) is 5.91 Å². The molecule has 1 aromatic rings. The summed E-state index contributed by atoms with van der Waals surface area (Å²) in [6.07, 6.45) is 0.650. The van der Waals surface area contributed by atoms with Gasteiger partial charge in [-0.2, -0.15) is 0 Å². The average Bonchev–Trinajstić information content (AvgIpc) is 2.81. The molecule has 1 amide bonds. The second-order valence-corrected chi connectivity index (χ2v) is 7.38. The minimum Gasteiger partial charge on any atom is -0.350 e. The fourth-order valence-electron chi connectivity index (χ4n) is 2.30. The number of carbonyl (C=O) groups is 1.